The van der Waals surface area contributed by atoms with E-state index in [1.54, 1.807) is 6.08 Å². The van der Waals surface area contributed by atoms with Crippen LogP contribution in [0.3, 0.4) is 0 Å². The number of hydrogen-bond donors (Lipinski definition) is 0. The minimum Gasteiger partial charge on any atom is -0.466 e. The van der Waals surface area contributed by atoms with Crippen molar-refractivity contribution in [1.82, 2.24) is 5.06 Å². The number of carbonyl (C=O) groups excluding carboxylic acids is 2. The molecular formula is C22H43NO5Si. The molecule has 0 aliphatic carbocycles. The van der Waals surface area contributed by atoms with Crippen LogP contribution in [0.15, 0.2) is 12.2 Å². The maximum absolute atomic E-state index is 13.1. The number of esters is 1. The fourth-order valence-electron chi connectivity index (χ4n) is 2.31. The quantitative estimate of drug-likeness (QED) is 0.178. The number of hydrogen-bond acceptors (Lipinski definition) is 5. The minimum atomic E-state index is -2.25. The van der Waals surface area contributed by atoms with Crippen molar-refractivity contribution < 1.29 is 23.6 Å². The van der Waals surface area contributed by atoms with Gasteiger partial charge in [0.15, 0.2) is 0 Å². The molecule has 0 rings (SSSR count). The molecule has 0 saturated carbocycles. The number of nitrogens with zero attached hydrogens (tertiary/aromatic N) is 1. The molecule has 0 radical (unpaired) electrons. The highest BCUT2D eigenvalue weighted by atomic mass is 28.4. The summed E-state index contributed by atoms with van der Waals surface area (Å²) in [6.07, 6.45) is 6.90. The molecule has 6 nitrogen and oxygen atoms in total. The largest absolute Gasteiger partial charge is 0.466 e. The van der Waals surface area contributed by atoms with E-state index < -0.39 is 20.0 Å². The SMILES string of the molecule is CCCC[C@@H](CC/C=C/C(=O)OC)N(O[Si](C)(C)C(C)(C)C)C(=O)OC(C)(C)C. The molecule has 0 aromatic heterocycles. The Labute approximate surface area is 179 Å². The average molecular weight is 430 g/mol. The molecule has 0 unspecified atom stereocenters. The summed E-state index contributed by atoms with van der Waals surface area (Å²) in [5.74, 6) is -0.378. The van der Waals surface area contributed by atoms with Crippen molar-refractivity contribution in [3.05, 3.63) is 12.2 Å². The van der Waals surface area contributed by atoms with Crippen LogP contribution in [0.4, 0.5) is 4.79 Å². The summed E-state index contributed by atoms with van der Waals surface area (Å²) < 4.78 is 16.8. The summed E-state index contributed by atoms with van der Waals surface area (Å²) in [7, 11) is -0.891. The Bertz CT molecular complexity index is 546. The zero-order valence-corrected chi connectivity index (χ0v) is 21.3. The van der Waals surface area contributed by atoms with Gasteiger partial charge in [0.25, 0.3) is 0 Å². The third kappa shape index (κ3) is 10.8. The molecule has 0 aromatic carbocycles. The number of rotatable bonds is 10. The molecule has 0 aliphatic rings. The first kappa shape index (κ1) is 27.7. The number of allylic oxidation sites excluding steroid dienone is 1. The van der Waals surface area contributed by atoms with Crippen LogP contribution in [0.25, 0.3) is 0 Å². The molecule has 0 N–H and O–H groups in total. The number of carbonyl (C=O) groups is 2. The highest BCUT2D eigenvalue weighted by Gasteiger charge is 2.43. The lowest BCUT2D eigenvalue weighted by Gasteiger charge is -2.42. The van der Waals surface area contributed by atoms with Crippen molar-refractivity contribution in [3.63, 3.8) is 0 Å². The first-order chi connectivity index (χ1) is 13.1. The summed E-state index contributed by atoms with van der Waals surface area (Å²) >= 11 is 0. The van der Waals surface area contributed by atoms with Gasteiger partial charge in [0.1, 0.15) is 5.60 Å². The van der Waals surface area contributed by atoms with Gasteiger partial charge < -0.3 is 14.0 Å². The van der Waals surface area contributed by atoms with E-state index >= 15 is 0 Å². The molecule has 0 spiro atoms. The van der Waals surface area contributed by atoms with Crippen LogP contribution in [-0.4, -0.2) is 44.2 Å². The van der Waals surface area contributed by atoms with Gasteiger partial charge in [-0.1, -0.05) is 46.6 Å². The first-order valence-electron chi connectivity index (χ1n) is 10.6. The van der Waals surface area contributed by atoms with Gasteiger partial charge in [0.05, 0.1) is 13.2 Å². The number of hydroxylamine groups is 2. The third-order valence-corrected chi connectivity index (χ3v) is 9.32. The van der Waals surface area contributed by atoms with Gasteiger partial charge in [0, 0.05) is 6.08 Å². The van der Waals surface area contributed by atoms with Gasteiger partial charge >= 0.3 is 12.1 Å². The monoisotopic (exact) mass is 429 g/mol. The van der Waals surface area contributed by atoms with Crippen LogP contribution in [0, 0.1) is 0 Å². The van der Waals surface area contributed by atoms with E-state index in [-0.39, 0.29) is 17.0 Å². The van der Waals surface area contributed by atoms with E-state index in [2.05, 4.69) is 45.5 Å². The Kier molecular flexibility index (Phi) is 11.2. The number of amides is 1. The van der Waals surface area contributed by atoms with Crippen LogP contribution in [0.1, 0.15) is 80.6 Å². The molecule has 170 valence electrons. The molecule has 0 aliphatic heterocycles. The molecule has 0 heterocycles. The Morgan fingerprint density at radius 3 is 2.10 bits per heavy atom. The van der Waals surface area contributed by atoms with Gasteiger partial charge in [-0.25, -0.2) is 9.59 Å². The van der Waals surface area contributed by atoms with E-state index in [1.807, 2.05) is 20.8 Å². The highest BCUT2D eigenvalue weighted by Crippen LogP contribution is 2.38. The van der Waals surface area contributed by atoms with E-state index in [4.69, 9.17) is 9.26 Å². The fourth-order valence-corrected chi connectivity index (χ4v) is 3.29. The number of ether oxygens (including phenoxy) is 2. The normalized spacial score (nSPS) is 14.0. The standard InChI is InChI=1S/C22H43NO5Si/c1-11-12-15-18(16-13-14-17-19(24)26-8)23(20(25)27-21(2,3)4)28-29(9,10)22(5,6)7/h14,17-18H,11-13,15-16H2,1-10H3/b17-14+/t18-/m0/s1. The van der Waals surface area contributed by atoms with Crippen LogP contribution in [-0.2, 0) is 18.8 Å². The van der Waals surface area contributed by atoms with Crippen LogP contribution < -0.4 is 0 Å². The van der Waals surface area contributed by atoms with Gasteiger partial charge in [-0.3, -0.25) is 0 Å². The van der Waals surface area contributed by atoms with Crippen molar-refractivity contribution >= 4 is 20.4 Å². The van der Waals surface area contributed by atoms with E-state index in [0.717, 1.165) is 19.3 Å². The number of methoxy groups -OCH3 is 1. The van der Waals surface area contributed by atoms with Crippen LogP contribution in [0.5, 0.6) is 0 Å². The van der Waals surface area contributed by atoms with Gasteiger partial charge in [0.2, 0.25) is 8.32 Å². The zero-order valence-electron chi connectivity index (χ0n) is 20.3. The van der Waals surface area contributed by atoms with Crippen molar-refractivity contribution in [1.29, 1.82) is 0 Å². The lowest BCUT2D eigenvalue weighted by Crippen LogP contribution is -2.53. The Balaban J connectivity index is 5.65. The maximum atomic E-state index is 13.1. The minimum absolute atomic E-state index is 0.0483. The molecule has 7 heteroatoms. The van der Waals surface area contributed by atoms with Crippen molar-refractivity contribution in [2.45, 2.75) is 110 Å². The van der Waals surface area contributed by atoms with E-state index in [1.165, 1.54) is 18.2 Å². The summed E-state index contributed by atoms with van der Waals surface area (Å²) in [5, 5.41) is 1.44. The molecule has 1 amide bonds. The second-order valence-corrected chi connectivity index (χ2v) is 14.7. The van der Waals surface area contributed by atoms with E-state index in [0.29, 0.717) is 12.8 Å². The zero-order chi connectivity index (χ0) is 22.9. The molecule has 29 heavy (non-hydrogen) atoms. The summed E-state index contributed by atoms with van der Waals surface area (Å²) in [4.78, 5) is 24.4. The third-order valence-electron chi connectivity index (χ3n) is 5.05. The Morgan fingerprint density at radius 1 is 1.07 bits per heavy atom. The summed E-state index contributed by atoms with van der Waals surface area (Å²) in [6.45, 7) is 18.4. The molecule has 0 bridgehead atoms. The molecule has 0 aromatic rings. The molecule has 0 saturated heterocycles. The predicted octanol–water partition coefficient (Wildman–Crippen LogP) is 6.23. The second-order valence-electron chi connectivity index (χ2n) is 9.96. The summed E-state index contributed by atoms with van der Waals surface area (Å²) in [6, 6.07) is -0.124. The lowest BCUT2D eigenvalue weighted by molar-refractivity contribution is -0.134. The van der Waals surface area contributed by atoms with Gasteiger partial charge in [-0.2, -0.15) is 5.06 Å². The summed E-state index contributed by atoms with van der Waals surface area (Å²) in [5.41, 5.74) is -0.605. The molecule has 1 atom stereocenters. The maximum Gasteiger partial charge on any atom is 0.433 e. The van der Waals surface area contributed by atoms with E-state index in [9.17, 15) is 9.59 Å². The number of unbranched alkanes of at least 4 members (excludes halogenated alkanes) is 1. The molecule has 0 fully saturated rings. The fraction of sp³-hybridized carbons (Fsp3) is 0.818. The Hall–Kier alpha value is -1.34. The Morgan fingerprint density at radius 2 is 1.66 bits per heavy atom. The van der Waals surface area contributed by atoms with Crippen molar-refractivity contribution in [2.24, 2.45) is 0 Å². The first-order valence-corrected chi connectivity index (χ1v) is 13.5. The van der Waals surface area contributed by atoms with Gasteiger partial charge in [-0.05, 0) is 58.2 Å². The van der Waals surface area contributed by atoms with Crippen molar-refractivity contribution in [3.8, 4) is 0 Å². The highest BCUT2D eigenvalue weighted by molar-refractivity contribution is 6.74. The van der Waals surface area contributed by atoms with Gasteiger partial charge in [-0.15, -0.1) is 0 Å². The smallest absolute Gasteiger partial charge is 0.433 e. The lowest BCUT2D eigenvalue weighted by atomic mass is 10.0. The van der Waals surface area contributed by atoms with Crippen LogP contribution in [0.2, 0.25) is 18.1 Å². The topological polar surface area (TPSA) is 65.1 Å². The van der Waals surface area contributed by atoms with Crippen LogP contribution >= 0.6 is 0 Å². The predicted molar refractivity (Wildman–Crippen MR) is 120 cm³/mol. The second kappa shape index (κ2) is 11.7. The average Bonchev–Trinajstić information content (AvgIpc) is 2.56. The molecular weight excluding hydrogens is 386 g/mol. The van der Waals surface area contributed by atoms with Crippen molar-refractivity contribution in [2.75, 3.05) is 7.11 Å².